The van der Waals surface area contributed by atoms with Crippen LogP contribution in [0.1, 0.15) is 55.3 Å². The van der Waals surface area contributed by atoms with Crippen LogP contribution in [0.2, 0.25) is 10.0 Å². The van der Waals surface area contributed by atoms with Crippen LogP contribution in [0.25, 0.3) is 10.9 Å². The molecule has 3 rings (SSSR count). The summed E-state index contributed by atoms with van der Waals surface area (Å²) in [6, 6.07) is 11.8. The second kappa shape index (κ2) is 9.63. The van der Waals surface area contributed by atoms with Gasteiger partial charge in [-0.15, -0.1) is 0 Å². The summed E-state index contributed by atoms with van der Waals surface area (Å²) in [5.41, 5.74) is 0.893. The molecule has 1 aromatic heterocycles. The molecule has 1 unspecified atom stereocenters. The first-order valence-corrected chi connectivity index (χ1v) is 10.9. The van der Waals surface area contributed by atoms with Crippen molar-refractivity contribution in [2.24, 2.45) is 7.05 Å². The van der Waals surface area contributed by atoms with Gasteiger partial charge in [-0.2, -0.15) is 0 Å². The average Bonchev–Trinajstić information content (AvgIpc) is 2.73. The van der Waals surface area contributed by atoms with Crippen molar-refractivity contribution in [3.05, 3.63) is 74.3 Å². The summed E-state index contributed by atoms with van der Waals surface area (Å²) < 4.78 is 1.55. The Morgan fingerprint density at radius 2 is 1.90 bits per heavy atom. The Hall–Kier alpha value is -2.37. The number of halogens is 2. The van der Waals surface area contributed by atoms with E-state index >= 15 is 0 Å². The maximum atomic E-state index is 13.5. The maximum absolute atomic E-state index is 13.5. The highest BCUT2D eigenvalue weighted by Gasteiger charge is 2.29. The molecule has 0 saturated carbocycles. The van der Waals surface area contributed by atoms with Crippen LogP contribution in [-0.2, 0) is 7.05 Å². The Bertz CT molecular complexity index is 1130. The van der Waals surface area contributed by atoms with Crippen LogP contribution in [0.4, 0.5) is 0 Å². The first-order chi connectivity index (χ1) is 14.4. The monoisotopic (exact) mass is 445 g/mol. The highest BCUT2D eigenvalue weighted by Crippen LogP contribution is 2.29. The minimum Gasteiger partial charge on any atom is -0.328 e. The molecular formula is C23H25Cl2N3O2. The van der Waals surface area contributed by atoms with Gasteiger partial charge in [0.1, 0.15) is 5.82 Å². The number of rotatable bonds is 7. The number of fused-ring (bicyclic) bond motifs is 1. The molecule has 1 amide bonds. The Balaban J connectivity index is 2.12. The molecule has 0 radical (unpaired) electrons. The van der Waals surface area contributed by atoms with E-state index in [-0.39, 0.29) is 17.5 Å². The van der Waals surface area contributed by atoms with Gasteiger partial charge in [0, 0.05) is 18.6 Å². The number of hydrogen-bond acceptors (Lipinski definition) is 3. The molecule has 0 bridgehead atoms. The third-order valence-corrected chi connectivity index (χ3v) is 5.80. The summed E-state index contributed by atoms with van der Waals surface area (Å²) in [6.07, 6.45) is 2.37. The summed E-state index contributed by atoms with van der Waals surface area (Å²) in [4.78, 5) is 33.0. The molecule has 1 heterocycles. The van der Waals surface area contributed by atoms with Crippen LogP contribution >= 0.6 is 23.2 Å². The quantitative estimate of drug-likeness (QED) is 0.473. The molecule has 3 aromatic rings. The fourth-order valence-electron chi connectivity index (χ4n) is 3.62. The second-order valence-corrected chi connectivity index (χ2v) is 8.10. The van der Waals surface area contributed by atoms with Gasteiger partial charge >= 0.3 is 0 Å². The zero-order valence-corrected chi connectivity index (χ0v) is 18.9. The van der Waals surface area contributed by atoms with Crippen LogP contribution in [0, 0.1) is 0 Å². The van der Waals surface area contributed by atoms with Gasteiger partial charge < -0.3 is 4.90 Å². The molecule has 5 nitrogen and oxygen atoms in total. The number of amides is 1. The predicted molar refractivity (Wildman–Crippen MR) is 122 cm³/mol. The van der Waals surface area contributed by atoms with E-state index in [1.165, 1.54) is 0 Å². The van der Waals surface area contributed by atoms with Crippen molar-refractivity contribution < 1.29 is 4.79 Å². The standard InChI is InChI=1S/C23H25Cl2N3O2/c1-4-6-13-28(23(30)16-12-11-15(24)14-18(16)25)20(5-2)21-26-19-10-8-7-9-17(19)22(29)27(21)3/h7-12,14,20H,4-6,13H2,1-3H3. The van der Waals surface area contributed by atoms with E-state index in [0.717, 1.165) is 12.8 Å². The Labute approximate surface area is 186 Å². The van der Waals surface area contributed by atoms with Crippen LogP contribution in [-0.4, -0.2) is 26.9 Å². The van der Waals surface area contributed by atoms with Crippen molar-refractivity contribution in [3.63, 3.8) is 0 Å². The molecule has 2 aromatic carbocycles. The number of nitrogens with zero attached hydrogens (tertiary/aromatic N) is 3. The fraction of sp³-hybridized carbons (Fsp3) is 0.348. The van der Waals surface area contributed by atoms with E-state index in [9.17, 15) is 9.59 Å². The van der Waals surface area contributed by atoms with Gasteiger partial charge in [0.05, 0.1) is 27.5 Å². The van der Waals surface area contributed by atoms with Gasteiger partial charge in [-0.3, -0.25) is 14.2 Å². The van der Waals surface area contributed by atoms with Crippen molar-refractivity contribution in [1.82, 2.24) is 14.5 Å². The zero-order valence-electron chi connectivity index (χ0n) is 17.4. The SMILES string of the molecule is CCCCN(C(=O)c1ccc(Cl)cc1Cl)C(CC)c1nc2ccccc2c(=O)n1C. The number of carbonyl (C=O) groups excluding carboxylic acids is 1. The van der Waals surface area contributed by atoms with Crippen molar-refractivity contribution in [3.8, 4) is 0 Å². The lowest BCUT2D eigenvalue weighted by atomic mass is 10.1. The van der Waals surface area contributed by atoms with E-state index in [0.29, 0.717) is 45.3 Å². The number of carbonyl (C=O) groups is 1. The molecule has 1 atom stereocenters. The van der Waals surface area contributed by atoms with Crippen molar-refractivity contribution in [1.29, 1.82) is 0 Å². The summed E-state index contributed by atoms with van der Waals surface area (Å²) in [6.45, 7) is 4.60. The zero-order chi connectivity index (χ0) is 21.8. The summed E-state index contributed by atoms with van der Waals surface area (Å²) in [7, 11) is 1.71. The summed E-state index contributed by atoms with van der Waals surface area (Å²) in [5, 5.41) is 1.34. The molecule has 0 spiro atoms. The smallest absolute Gasteiger partial charge is 0.261 e. The van der Waals surface area contributed by atoms with E-state index in [4.69, 9.17) is 28.2 Å². The minimum atomic E-state index is -0.363. The first kappa shape index (κ1) is 22.3. The fourth-order valence-corrected chi connectivity index (χ4v) is 4.11. The van der Waals surface area contributed by atoms with Gasteiger partial charge in [0.2, 0.25) is 0 Å². The second-order valence-electron chi connectivity index (χ2n) is 7.25. The predicted octanol–water partition coefficient (Wildman–Crippen LogP) is 5.63. The van der Waals surface area contributed by atoms with E-state index < -0.39 is 0 Å². The van der Waals surface area contributed by atoms with Crippen LogP contribution in [0.3, 0.4) is 0 Å². The maximum Gasteiger partial charge on any atom is 0.261 e. The normalized spacial score (nSPS) is 12.2. The highest BCUT2D eigenvalue weighted by atomic mass is 35.5. The van der Waals surface area contributed by atoms with Crippen molar-refractivity contribution in [2.45, 2.75) is 39.2 Å². The summed E-state index contributed by atoms with van der Waals surface area (Å²) in [5.74, 6) is 0.370. The number of para-hydroxylation sites is 1. The van der Waals surface area contributed by atoms with Crippen molar-refractivity contribution >= 4 is 40.0 Å². The van der Waals surface area contributed by atoms with Gasteiger partial charge in [0.25, 0.3) is 11.5 Å². The highest BCUT2D eigenvalue weighted by molar-refractivity contribution is 6.36. The molecule has 0 saturated heterocycles. The van der Waals surface area contributed by atoms with Gasteiger partial charge in [0.15, 0.2) is 0 Å². The van der Waals surface area contributed by atoms with Gasteiger partial charge in [-0.25, -0.2) is 4.98 Å². The Morgan fingerprint density at radius 1 is 1.17 bits per heavy atom. The first-order valence-electron chi connectivity index (χ1n) is 10.1. The lowest BCUT2D eigenvalue weighted by molar-refractivity contribution is 0.0654. The molecular weight excluding hydrogens is 421 g/mol. The van der Waals surface area contributed by atoms with Crippen molar-refractivity contribution in [2.75, 3.05) is 6.54 Å². The number of unbranched alkanes of at least 4 members (excludes halogenated alkanes) is 1. The van der Waals surface area contributed by atoms with E-state index in [1.807, 2.05) is 25.1 Å². The molecule has 0 N–H and O–H groups in total. The Kier molecular flexibility index (Phi) is 7.16. The molecule has 0 fully saturated rings. The molecule has 0 aliphatic heterocycles. The largest absolute Gasteiger partial charge is 0.328 e. The molecule has 7 heteroatoms. The minimum absolute atomic E-state index is 0.124. The molecule has 0 aliphatic rings. The average molecular weight is 446 g/mol. The number of benzene rings is 2. The lowest BCUT2D eigenvalue weighted by Crippen LogP contribution is -2.39. The molecule has 158 valence electrons. The number of aromatic nitrogens is 2. The van der Waals surface area contributed by atoms with Crippen LogP contribution < -0.4 is 5.56 Å². The number of hydrogen-bond donors (Lipinski definition) is 0. The van der Waals surface area contributed by atoms with Gasteiger partial charge in [-0.1, -0.05) is 55.6 Å². The Morgan fingerprint density at radius 3 is 2.57 bits per heavy atom. The van der Waals surface area contributed by atoms with E-state index in [1.54, 1.807) is 40.8 Å². The van der Waals surface area contributed by atoms with Gasteiger partial charge in [-0.05, 0) is 43.2 Å². The topological polar surface area (TPSA) is 55.2 Å². The van der Waals surface area contributed by atoms with E-state index in [2.05, 4.69) is 6.92 Å². The third-order valence-electron chi connectivity index (χ3n) is 5.25. The third kappa shape index (κ3) is 4.37. The van der Waals surface area contributed by atoms with Crippen LogP contribution in [0.15, 0.2) is 47.3 Å². The molecule has 30 heavy (non-hydrogen) atoms. The molecule has 0 aliphatic carbocycles. The lowest BCUT2D eigenvalue weighted by Gasteiger charge is -2.32. The summed E-state index contributed by atoms with van der Waals surface area (Å²) >= 11 is 12.3. The van der Waals surface area contributed by atoms with Crippen LogP contribution in [0.5, 0.6) is 0 Å².